The predicted octanol–water partition coefficient (Wildman–Crippen LogP) is 3.84. The Balaban J connectivity index is 1.40. The highest BCUT2D eigenvalue weighted by atomic mass is 16.5. The minimum Gasteiger partial charge on any atom is -0.494 e. The van der Waals surface area contributed by atoms with Gasteiger partial charge in [-0.15, -0.1) is 0 Å². The minimum absolute atomic E-state index is 0.233. The first-order chi connectivity index (χ1) is 13.2. The fraction of sp³-hybridized carbons (Fsp3) is 0.333. The Morgan fingerprint density at radius 2 is 2.04 bits per heavy atom. The van der Waals surface area contributed by atoms with E-state index in [1.807, 2.05) is 24.3 Å². The van der Waals surface area contributed by atoms with Crippen LogP contribution < -0.4 is 10.1 Å². The third-order valence-corrected chi connectivity index (χ3v) is 5.01. The zero-order chi connectivity index (χ0) is 18.6. The van der Waals surface area contributed by atoms with Gasteiger partial charge in [-0.05, 0) is 68.3 Å². The molecule has 4 rings (SSSR count). The van der Waals surface area contributed by atoms with E-state index in [4.69, 9.17) is 9.84 Å². The second-order valence-corrected chi connectivity index (χ2v) is 6.93. The molecule has 6 heteroatoms. The molecule has 1 aliphatic rings. The van der Waals surface area contributed by atoms with Gasteiger partial charge in [-0.1, -0.05) is 6.42 Å². The van der Waals surface area contributed by atoms with E-state index in [0.717, 1.165) is 29.8 Å². The molecule has 1 unspecified atom stereocenters. The number of hydrogen-bond donors (Lipinski definition) is 3. The van der Waals surface area contributed by atoms with Gasteiger partial charge in [0, 0.05) is 11.6 Å². The number of imidazole rings is 1. The average Bonchev–Trinajstić information content (AvgIpc) is 3.12. The standard InChI is InChI=1S/C21H23N3O3/c25-21(26)15-6-9-18-19(13-15)24-20(23-18)14-4-7-17(8-5-14)27-12-10-16-3-1-2-11-22-16/h4-9,13,16,22H,1-3,10-12H2,(H,23,24)(H,25,26). The maximum absolute atomic E-state index is 11.1. The van der Waals surface area contributed by atoms with Crippen LogP contribution in [-0.2, 0) is 0 Å². The summed E-state index contributed by atoms with van der Waals surface area (Å²) in [7, 11) is 0. The van der Waals surface area contributed by atoms with Crippen molar-refractivity contribution in [1.82, 2.24) is 15.3 Å². The number of aromatic nitrogens is 2. The summed E-state index contributed by atoms with van der Waals surface area (Å²) in [5, 5.41) is 12.6. The third-order valence-electron chi connectivity index (χ3n) is 5.01. The number of nitrogens with zero attached hydrogens (tertiary/aromatic N) is 1. The molecule has 0 amide bonds. The molecule has 27 heavy (non-hydrogen) atoms. The lowest BCUT2D eigenvalue weighted by Gasteiger charge is -2.23. The Labute approximate surface area is 157 Å². The van der Waals surface area contributed by atoms with Crippen molar-refractivity contribution in [3.8, 4) is 17.1 Å². The molecule has 1 fully saturated rings. The van der Waals surface area contributed by atoms with Crippen molar-refractivity contribution in [3.63, 3.8) is 0 Å². The van der Waals surface area contributed by atoms with Gasteiger partial charge in [-0.25, -0.2) is 9.78 Å². The molecule has 0 spiro atoms. The molecule has 0 saturated carbocycles. The van der Waals surface area contributed by atoms with E-state index in [1.54, 1.807) is 18.2 Å². The lowest BCUT2D eigenvalue weighted by molar-refractivity contribution is 0.0697. The molecule has 2 aromatic carbocycles. The van der Waals surface area contributed by atoms with Crippen LogP contribution in [0.15, 0.2) is 42.5 Å². The van der Waals surface area contributed by atoms with Crippen molar-refractivity contribution in [1.29, 1.82) is 0 Å². The monoisotopic (exact) mass is 365 g/mol. The second kappa shape index (κ2) is 7.80. The molecule has 2 heterocycles. The third kappa shape index (κ3) is 4.11. The van der Waals surface area contributed by atoms with Gasteiger partial charge in [0.25, 0.3) is 0 Å². The van der Waals surface area contributed by atoms with E-state index in [1.165, 1.54) is 19.3 Å². The highest BCUT2D eigenvalue weighted by Gasteiger charge is 2.12. The number of rotatable bonds is 6. The van der Waals surface area contributed by atoms with Crippen molar-refractivity contribution < 1.29 is 14.6 Å². The van der Waals surface area contributed by atoms with Gasteiger partial charge in [0.1, 0.15) is 11.6 Å². The average molecular weight is 365 g/mol. The first kappa shape index (κ1) is 17.5. The minimum atomic E-state index is -0.952. The molecule has 1 aliphatic heterocycles. The van der Waals surface area contributed by atoms with Gasteiger partial charge in [0.15, 0.2) is 0 Å². The van der Waals surface area contributed by atoms with Crippen molar-refractivity contribution >= 4 is 17.0 Å². The van der Waals surface area contributed by atoms with Crippen LogP contribution in [0.5, 0.6) is 5.75 Å². The SMILES string of the molecule is O=C(O)c1ccc2[nH]c(-c3ccc(OCCC4CCCCN4)cc3)nc2c1. The molecule has 1 aromatic heterocycles. The van der Waals surface area contributed by atoms with Crippen LogP contribution in [-0.4, -0.2) is 40.2 Å². The second-order valence-electron chi connectivity index (χ2n) is 6.93. The largest absolute Gasteiger partial charge is 0.494 e. The van der Waals surface area contributed by atoms with Gasteiger partial charge in [-0.3, -0.25) is 0 Å². The van der Waals surface area contributed by atoms with E-state index in [-0.39, 0.29) is 5.56 Å². The lowest BCUT2D eigenvalue weighted by atomic mass is 10.0. The Morgan fingerprint density at radius 1 is 1.19 bits per heavy atom. The van der Waals surface area contributed by atoms with E-state index in [0.29, 0.717) is 24.0 Å². The summed E-state index contributed by atoms with van der Waals surface area (Å²) in [4.78, 5) is 18.8. The molecular weight excluding hydrogens is 342 g/mol. The van der Waals surface area contributed by atoms with E-state index in [2.05, 4.69) is 15.3 Å². The molecule has 3 N–H and O–H groups in total. The molecule has 140 valence electrons. The number of benzene rings is 2. The van der Waals surface area contributed by atoms with Crippen molar-refractivity contribution in [2.75, 3.05) is 13.2 Å². The van der Waals surface area contributed by atoms with Crippen LogP contribution in [0.4, 0.5) is 0 Å². The summed E-state index contributed by atoms with van der Waals surface area (Å²) in [5.41, 5.74) is 2.63. The summed E-state index contributed by atoms with van der Waals surface area (Å²) in [6.07, 6.45) is 4.84. The van der Waals surface area contributed by atoms with Gasteiger partial charge in [0.2, 0.25) is 0 Å². The summed E-state index contributed by atoms with van der Waals surface area (Å²) < 4.78 is 5.86. The molecule has 6 nitrogen and oxygen atoms in total. The Hall–Kier alpha value is -2.86. The fourth-order valence-corrected chi connectivity index (χ4v) is 3.47. The number of piperidine rings is 1. The zero-order valence-corrected chi connectivity index (χ0v) is 15.1. The summed E-state index contributed by atoms with van der Waals surface area (Å²) in [6.45, 7) is 1.82. The number of aromatic amines is 1. The number of aromatic carboxylic acids is 1. The smallest absolute Gasteiger partial charge is 0.335 e. The summed E-state index contributed by atoms with van der Waals surface area (Å²) in [6, 6.07) is 13.3. The topological polar surface area (TPSA) is 87.2 Å². The Kier molecular flexibility index (Phi) is 5.07. The maximum atomic E-state index is 11.1. The van der Waals surface area contributed by atoms with Crippen molar-refractivity contribution in [2.24, 2.45) is 0 Å². The number of fused-ring (bicyclic) bond motifs is 1. The van der Waals surface area contributed by atoms with Crippen LogP contribution in [0.3, 0.4) is 0 Å². The summed E-state index contributed by atoms with van der Waals surface area (Å²) >= 11 is 0. The highest BCUT2D eigenvalue weighted by Crippen LogP contribution is 2.24. The van der Waals surface area contributed by atoms with E-state index >= 15 is 0 Å². The van der Waals surface area contributed by atoms with Gasteiger partial charge in [-0.2, -0.15) is 0 Å². The number of H-pyrrole nitrogens is 1. The molecule has 0 bridgehead atoms. The molecular formula is C21H23N3O3. The molecule has 0 aliphatic carbocycles. The molecule has 1 atom stereocenters. The number of carbonyl (C=O) groups is 1. The van der Waals surface area contributed by atoms with Crippen LogP contribution in [0.25, 0.3) is 22.4 Å². The number of nitrogens with one attached hydrogen (secondary N) is 2. The van der Waals surface area contributed by atoms with Crippen LogP contribution in [0.1, 0.15) is 36.0 Å². The normalized spacial score (nSPS) is 17.1. The lowest BCUT2D eigenvalue weighted by Crippen LogP contribution is -2.35. The van der Waals surface area contributed by atoms with Crippen LogP contribution in [0.2, 0.25) is 0 Å². The quantitative estimate of drug-likeness (QED) is 0.618. The molecule has 3 aromatic rings. The van der Waals surface area contributed by atoms with Crippen molar-refractivity contribution in [3.05, 3.63) is 48.0 Å². The number of carboxylic acid groups (broad SMARTS) is 1. The molecule has 1 saturated heterocycles. The van der Waals surface area contributed by atoms with E-state index < -0.39 is 5.97 Å². The number of hydrogen-bond acceptors (Lipinski definition) is 4. The van der Waals surface area contributed by atoms with Gasteiger partial charge in [0.05, 0.1) is 23.2 Å². The number of carboxylic acids is 1. The van der Waals surface area contributed by atoms with Crippen LogP contribution >= 0.6 is 0 Å². The fourth-order valence-electron chi connectivity index (χ4n) is 3.47. The van der Waals surface area contributed by atoms with Gasteiger partial charge < -0.3 is 20.1 Å². The highest BCUT2D eigenvalue weighted by molar-refractivity contribution is 5.93. The Bertz CT molecular complexity index is 927. The van der Waals surface area contributed by atoms with Gasteiger partial charge >= 0.3 is 5.97 Å². The number of ether oxygens (including phenoxy) is 1. The summed E-state index contributed by atoms with van der Waals surface area (Å²) in [5.74, 6) is 0.607. The predicted molar refractivity (Wildman–Crippen MR) is 104 cm³/mol. The molecule has 0 radical (unpaired) electrons. The Morgan fingerprint density at radius 3 is 2.78 bits per heavy atom. The van der Waals surface area contributed by atoms with Crippen molar-refractivity contribution in [2.45, 2.75) is 31.7 Å². The first-order valence-electron chi connectivity index (χ1n) is 9.39. The zero-order valence-electron chi connectivity index (χ0n) is 15.1. The van der Waals surface area contributed by atoms with Crippen LogP contribution in [0, 0.1) is 0 Å². The first-order valence-corrected chi connectivity index (χ1v) is 9.39. The van der Waals surface area contributed by atoms with E-state index in [9.17, 15) is 4.79 Å². The maximum Gasteiger partial charge on any atom is 0.335 e.